The van der Waals surface area contributed by atoms with Gasteiger partial charge < -0.3 is 15.2 Å². The van der Waals surface area contributed by atoms with E-state index in [0.29, 0.717) is 22.4 Å². The molecular formula is C17H17N5O4S. The molecule has 0 aliphatic heterocycles. The number of thiazole rings is 1. The van der Waals surface area contributed by atoms with Crippen LogP contribution in [0.1, 0.15) is 37.0 Å². The molecule has 1 amide bonds. The number of benzene rings is 1. The van der Waals surface area contributed by atoms with Gasteiger partial charge in [0, 0.05) is 34.7 Å². The summed E-state index contributed by atoms with van der Waals surface area (Å²) in [4.78, 5) is 26.7. The summed E-state index contributed by atoms with van der Waals surface area (Å²) in [6, 6.07) is 7.60. The third kappa shape index (κ3) is 4.47. The molecule has 2 N–H and O–H groups in total. The lowest BCUT2D eigenvalue weighted by Crippen LogP contribution is -2.13. The Labute approximate surface area is 158 Å². The number of hydrogen-bond donors (Lipinski definition) is 2. The molecule has 10 heteroatoms. The molecule has 0 unspecified atom stereocenters. The quantitative estimate of drug-likeness (QED) is 0.493. The van der Waals surface area contributed by atoms with Crippen molar-refractivity contribution in [3.63, 3.8) is 0 Å². The fourth-order valence-corrected chi connectivity index (χ4v) is 2.80. The Hall–Kier alpha value is -3.27. The van der Waals surface area contributed by atoms with E-state index in [4.69, 9.17) is 4.52 Å². The van der Waals surface area contributed by atoms with Gasteiger partial charge in [0.25, 0.3) is 11.6 Å². The van der Waals surface area contributed by atoms with Crippen LogP contribution in [0.25, 0.3) is 0 Å². The molecule has 2 aromatic heterocycles. The minimum absolute atomic E-state index is 0.00185. The molecule has 0 saturated carbocycles. The number of hydrogen-bond acceptors (Lipinski definition) is 8. The van der Waals surface area contributed by atoms with Crippen LogP contribution < -0.4 is 10.6 Å². The maximum absolute atomic E-state index is 12.3. The summed E-state index contributed by atoms with van der Waals surface area (Å²) in [5.74, 6) is 0.580. The molecule has 0 saturated heterocycles. The number of nitrogens with zero attached hydrogens (tertiary/aromatic N) is 3. The van der Waals surface area contributed by atoms with Crippen molar-refractivity contribution in [2.45, 2.75) is 26.2 Å². The van der Waals surface area contributed by atoms with Crippen LogP contribution in [0.2, 0.25) is 0 Å². The zero-order valence-electron chi connectivity index (χ0n) is 14.8. The molecule has 9 nitrogen and oxygen atoms in total. The summed E-state index contributed by atoms with van der Waals surface area (Å²) in [6.07, 6.45) is 0. The first kappa shape index (κ1) is 18.5. The highest BCUT2D eigenvalue weighted by Gasteiger charge is 2.21. The molecule has 0 radical (unpaired) electrons. The van der Waals surface area contributed by atoms with Gasteiger partial charge in [-0.05, 0) is 12.1 Å². The molecule has 0 atom stereocenters. The molecule has 140 valence electrons. The number of non-ortho nitro benzene ring substituents is 1. The Morgan fingerprint density at radius 3 is 2.56 bits per heavy atom. The van der Waals surface area contributed by atoms with E-state index in [9.17, 15) is 14.9 Å². The summed E-state index contributed by atoms with van der Waals surface area (Å²) >= 11 is 1.24. The normalized spacial score (nSPS) is 11.2. The van der Waals surface area contributed by atoms with Crippen LogP contribution in [0.4, 0.5) is 22.3 Å². The van der Waals surface area contributed by atoms with Crippen LogP contribution in [0.15, 0.2) is 40.2 Å². The zero-order valence-corrected chi connectivity index (χ0v) is 15.7. The second-order valence-electron chi connectivity index (χ2n) is 6.75. The number of anilines is 3. The van der Waals surface area contributed by atoms with E-state index in [0.717, 1.165) is 0 Å². The second kappa shape index (κ2) is 7.16. The lowest BCUT2D eigenvalue weighted by atomic mass is 9.93. The van der Waals surface area contributed by atoms with Gasteiger partial charge in [0.2, 0.25) is 0 Å². The molecular weight excluding hydrogens is 370 g/mol. The molecule has 1 aromatic carbocycles. The second-order valence-corrected chi connectivity index (χ2v) is 7.61. The number of carbonyl (C=O) groups is 1. The van der Waals surface area contributed by atoms with E-state index in [2.05, 4.69) is 20.8 Å². The van der Waals surface area contributed by atoms with Crippen molar-refractivity contribution < 1.29 is 14.2 Å². The molecule has 0 spiro atoms. The third-order valence-electron chi connectivity index (χ3n) is 3.56. The van der Waals surface area contributed by atoms with Gasteiger partial charge in [0.15, 0.2) is 10.9 Å². The highest BCUT2D eigenvalue weighted by atomic mass is 32.1. The zero-order chi connectivity index (χ0) is 19.6. The monoisotopic (exact) mass is 387 g/mol. The van der Waals surface area contributed by atoms with Gasteiger partial charge in [-0.15, -0.1) is 11.3 Å². The van der Waals surface area contributed by atoms with E-state index in [1.165, 1.54) is 23.5 Å². The van der Waals surface area contributed by atoms with Gasteiger partial charge in [0.05, 0.1) is 4.92 Å². The van der Waals surface area contributed by atoms with Gasteiger partial charge >= 0.3 is 0 Å². The molecule has 3 aromatic rings. The number of nitro benzene ring substituents is 1. The Morgan fingerprint density at radius 2 is 1.96 bits per heavy atom. The van der Waals surface area contributed by atoms with Gasteiger partial charge in [-0.2, -0.15) is 0 Å². The maximum atomic E-state index is 12.3. The maximum Gasteiger partial charge on any atom is 0.276 e. The first-order valence-electron chi connectivity index (χ1n) is 7.98. The summed E-state index contributed by atoms with van der Waals surface area (Å²) < 4.78 is 5.23. The fraction of sp³-hybridized carbons (Fsp3) is 0.235. The SMILES string of the molecule is CC(C)(C)c1cc(NC(=O)c2csc(Nc3ccc([N+](=O)[O-])cc3)n2)no1. The highest BCUT2D eigenvalue weighted by molar-refractivity contribution is 7.14. The van der Waals surface area contributed by atoms with Crippen molar-refractivity contribution in [2.75, 3.05) is 10.6 Å². The Kier molecular flexibility index (Phi) is 4.91. The van der Waals surface area contributed by atoms with Crippen LogP contribution in [0.5, 0.6) is 0 Å². The predicted octanol–water partition coefficient (Wildman–Crippen LogP) is 4.33. The minimum Gasteiger partial charge on any atom is -0.359 e. The molecule has 2 heterocycles. The molecule has 3 rings (SSSR count). The van der Waals surface area contributed by atoms with Crippen molar-refractivity contribution in [2.24, 2.45) is 0 Å². The van der Waals surface area contributed by atoms with E-state index < -0.39 is 10.8 Å². The van der Waals surface area contributed by atoms with E-state index in [1.54, 1.807) is 23.6 Å². The first-order valence-corrected chi connectivity index (χ1v) is 8.86. The van der Waals surface area contributed by atoms with Crippen LogP contribution in [0, 0.1) is 10.1 Å². The van der Waals surface area contributed by atoms with Crippen LogP contribution >= 0.6 is 11.3 Å². The summed E-state index contributed by atoms with van der Waals surface area (Å²) in [7, 11) is 0. The molecule has 0 fully saturated rings. The predicted molar refractivity (Wildman–Crippen MR) is 102 cm³/mol. The summed E-state index contributed by atoms with van der Waals surface area (Å²) in [5, 5.41) is 22.3. The van der Waals surface area contributed by atoms with Crippen LogP contribution in [0.3, 0.4) is 0 Å². The van der Waals surface area contributed by atoms with Crippen molar-refractivity contribution in [3.05, 3.63) is 57.3 Å². The topological polar surface area (TPSA) is 123 Å². The summed E-state index contributed by atoms with van der Waals surface area (Å²) in [5.41, 5.74) is 0.651. The first-order chi connectivity index (χ1) is 12.7. The third-order valence-corrected chi connectivity index (χ3v) is 4.31. The van der Waals surface area contributed by atoms with Crippen molar-refractivity contribution in [1.82, 2.24) is 10.1 Å². The number of carbonyl (C=O) groups excluding carboxylic acids is 1. The Bertz CT molecular complexity index is 972. The highest BCUT2D eigenvalue weighted by Crippen LogP contribution is 2.26. The van der Waals surface area contributed by atoms with Crippen LogP contribution in [-0.2, 0) is 5.41 Å². The van der Waals surface area contributed by atoms with Gasteiger partial charge in [-0.3, -0.25) is 14.9 Å². The van der Waals surface area contributed by atoms with E-state index in [1.807, 2.05) is 20.8 Å². The average Bonchev–Trinajstić information content (AvgIpc) is 3.24. The van der Waals surface area contributed by atoms with Crippen LogP contribution in [-0.4, -0.2) is 21.0 Å². The lowest BCUT2D eigenvalue weighted by Gasteiger charge is -2.11. The summed E-state index contributed by atoms with van der Waals surface area (Å²) in [6.45, 7) is 5.95. The standard InChI is InChI=1S/C17H17N5O4S/c1-17(2,3)13-8-14(21-26-13)20-15(23)12-9-27-16(19-12)18-10-4-6-11(7-5-10)22(24)25/h4-9H,1-3H3,(H,18,19)(H,20,21,23). The number of amides is 1. The van der Waals surface area contributed by atoms with E-state index in [-0.39, 0.29) is 16.8 Å². The van der Waals surface area contributed by atoms with Crippen molar-refractivity contribution in [1.29, 1.82) is 0 Å². The number of aromatic nitrogens is 2. The lowest BCUT2D eigenvalue weighted by molar-refractivity contribution is -0.384. The largest absolute Gasteiger partial charge is 0.359 e. The van der Waals surface area contributed by atoms with Crippen molar-refractivity contribution >= 4 is 39.6 Å². The molecule has 0 aliphatic rings. The molecule has 0 bridgehead atoms. The van der Waals surface area contributed by atoms with Gasteiger partial charge in [-0.25, -0.2) is 4.98 Å². The number of nitro groups is 1. The van der Waals surface area contributed by atoms with Crippen molar-refractivity contribution in [3.8, 4) is 0 Å². The van der Waals surface area contributed by atoms with Gasteiger partial charge in [0.1, 0.15) is 11.5 Å². The number of rotatable bonds is 5. The number of nitrogens with one attached hydrogen (secondary N) is 2. The smallest absolute Gasteiger partial charge is 0.276 e. The van der Waals surface area contributed by atoms with E-state index >= 15 is 0 Å². The Morgan fingerprint density at radius 1 is 1.26 bits per heavy atom. The molecule has 0 aliphatic carbocycles. The van der Waals surface area contributed by atoms with Gasteiger partial charge in [-0.1, -0.05) is 25.9 Å². The minimum atomic E-state index is -0.468. The average molecular weight is 387 g/mol. The molecule has 27 heavy (non-hydrogen) atoms. The Balaban J connectivity index is 1.65. The fourth-order valence-electron chi connectivity index (χ4n) is 2.09.